The van der Waals surface area contributed by atoms with Gasteiger partial charge in [-0.15, -0.1) is 0 Å². The number of ether oxygens (including phenoxy) is 1. The van der Waals surface area contributed by atoms with Gasteiger partial charge in [0.05, 0.1) is 17.1 Å². The summed E-state index contributed by atoms with van der Waals surface area (Å²) < 4.78 is 5.50. The summed E-state index contributed by atoms with van der Waals surface area (Å²) in [7, 11) is 0. The molecule has 0 spiro atoms. The van der Waals surface area contributed by atoms with Crippen LogP contribution in [0, 0.1) is 10.1 Å². The third-order valence-electron chi connectivity index (χ3n) is 2.79. The van der Waals surface area contributed by atoms with E-state index in [1.54, 1.807) is 12.1 Å². The second-order valence-electron chi connectivity index (χ2n) is 4.20. The highest BCUT2D eigenvalue weighted by molar-refractivity contribution is 5.92. The number of aliphatic hydroxyl groups excluding tert-OH is 1. The lowest BCUT2D eigenvalue weighted by Crippen LogP contribution is -2.10. The van der Waals surface area contributed by atoms with Crippen LogP contribution in [0.4, 0.5) is 5.69 Å². The lowest BCUT2D eigenvalue weighted by atomic mass is 10.2. The first-order chi connectivity index (χ1) is 10.0. The molecule has 108 valence electrons. The van der Waals surface area contributed by atoms with E-state index in [-0.39, 0.29) is 11.3 Å². The maximum atomic E-state index is 10.9. The van der Waals surface area contributed by atoms with Crippen molar-refractivity contribution in [1.82, 2.24) is 0 Å². The number of rotatable bonds is 5. The number of benzene rings is 2. The molecule has 0 saturated carbocycles. The van der Waals surface area contributed by atoms with E-state index >= 15 is 0 Å². The Balaban J connectivity index is 2.23. The zero-order chi connectivity index (χ0) is 15.4. The SMILES string of the molecule is NC(=O)c1ccc(Oc2ccc([N+](=O)[O-])c(CO)c2)cc1. The molecule has 0 heterocycles. The number of nitrogens with zero attached hydrogens (tertiary/aromatic N) is 1. The van der Waals surface area contributed by atoms with Crippen molar-refractivity contribution in [2.24, 2.45) is 5.73 Å². The van der Waals surface area contributed by atoms with Gasteiger partial charge in [0.15, 0.2) is 0 Å². The van der Waals surface area contributed by atoms with Gasteiger partial charge in [-0.2, -0.15) is 0 Å². The highest BCUT2D eigenvalue weighted by Gasteiger charge is 2.14. The van der Waals surface area contributed by atoms with Gasteiger partial charge in [-0.25, -0.2) is 0 Å². The number of nitro benzene ring substituents is 1. The van der Waals surface area contributed by atoms with Gasteiger partial charge in [-0.1, -0.05) is 0 Å². The average Bonchev–Trinajstić information content (AvgIpc) is 2.47. The van der Waals surface area contributed by atoms with Gasteiger partial charge in [-0.05, 0) is 36.4 Å². The molecule has 0 atom stereocenters. The summed E-state index contributed by atoms with van der Waals surface area (Å²) in [6, 6.07) is 10.2. The summed E-state index contributed by atoms with van der Waals surface area (Å²) in [5, 5.41) is 19.9. The largest absolute Gasteiger partial charge is 0.457 e. The average molecular weight is 288 g/mol. The Kier molecular flexibility index (Phi) is 4.15. The Morgan fingerprint density at radius 1 is 1.19 bits per heavy atom. The molecule has 7 heteroatoms. The number of nitrogens with two attached hydrogens (primary N) is 1. The minimum atomic E-state index is -0.572. The van der Waals surface area contributed by atoms with E-state index in [9.17, 15) is 14.9 Å². The van der Waals surface area contributed by atoms with Crippen molar-refractivity contribution in [3.8, 4) is 11.5 Å². The van der Waals surface area contributed by atoms with Gasteiger partial charge >= 0.3 is 0 Å². The van der Waals surface area contributed by atoms with Crippen molar-refractivity contribution in [2.75, 3.05) is 0 Å². The first-order valence-corrected chi connectivity index (χ1v) is 5.97. The van der Waals surface area contributed by atoms with Gasteiger partial charge in [0.1, 0.15) is 11.5 Å². The normalized spacial score (nSPS) is 10.1. The van der Waals surface area contributed by atoms with Crippen molar-refractivity contribution in [3.63, 3.8) is 0 Å². The molecule has 0 fully saturated rings. The summed E-state index contributed by atoms with van der Waals surface area (Å²) in [5.74, 6) is 0.244. The van der Waals surface area contributed by atoms with Gasteiger partial charge in [0.2, 0.25) is 5.91 Å². The molecule has 0 unspecified atom stereocenters. The Bertz CT molecular complexity index is 682. The topological polar surface area (TPSA) is 116 Å². The molecule has 0 aromatic heterocycles. The van der Waals surface area contributed by atoms with Crippen LogP contribution in [0.15, 0.2) is 42.5 Å². The Morgan fingerprint density at radius 2 is 1.81 bits per heavy atom. The summed E-state index contributed by atoms with van der Waals surface area (Å²) in [4.78, 5) is 21.1. The molecule has 0 saturated heterocycles. The Morgan fingerprint density at radius 3 is 2.33 bits per heavy atom. The molecule has 2 aromatic rings. The van der Waals surface area contributed by atoms with Crippen molar-refractivity contribution >= 4 is 11.6 Å². The van der Waals surface area contributed by atoms with Crippen LogP contribution < -0.4 is 10.5 Å². The minimum Gasteiger partial charge on any atom is -0.457 e. The fourth-order valence-electron chi connectivity index (χ4n) is 1.75. The first kappa shape index (κ1) is 14.5. The third kappa shape index (κ3) is 3.34. The number of aliphatic hydroxyl groups is 1. The molecule has 0 bridgehead atoms. The van der Waals surface area contributed by atoms with Crippen LogP contribution in [-0.4, -0.2) is 15.9 Å². The second kappa shape index (κ2) is 6.02. The summed E-state index contributed by atoms with van der Waals surface area (Å²) in [6.07, 6.45) is 0. The fraction of sp³-hybridized carbons (Fsp3) is 0.0714. The summed E-state index contributed by atoms with van der Waals surface area (Å²) in [5.41, 5.74) is 5.46. The number of carbonyl (C=O) groups excluding carboxylic acids is 1. The predicted molar refractivity (Wildman–Crippen MR) is 74.1 cm³/mol. The van der Waals surface area contributed by atoms with Gasteiger partial charge in [-0.3, -0.25) is 14.9 Å². The van der Waals surface area contributed by atoms with Crippen molar-refractivity contribution in [3.05, 3.63) is 63.7 Å². The third-order valence-corrected chi connectivity index (χ3v) is 2.79. The van der Waals surface area contributed by atoms with Crippen LogP contribution in [0.2, 0.25) is 0 Å². The van der Waals surface area contributed by atoms with E-state index in [0.717, 1.165) is 0 Å². The highest BCUT2D eigenvalue weighted by atomic mass is 16.6. The van der Waals surface area contributed by atoms with Crippen molar-refractivity contribution < 1.29 is 19.6 Å². The lowest BCUT2D eigenvalue weighted by molar-refractivity contribution is -0.385. The smallest absolute Gasteiger partial charge is 0.275 e. The standard InChI is InChI=1S/C14H12N2O5/c15-14(18)9-1-3-11(4-2-9)21-12-5-6-13(16(19)20)10(7-12)8-17/h1-7,17H,8H2,(H2,15,18). The van der Waals surface area contributed by atoms with E-state index in [2.05, 4.69) is 0 Å². The van der Waals surface area contributed by atoms with Gasteiger partial charge in [0.25, 0.3) is 5.69 Å². The van der Waals surface area contributed by atoms with Gasteiger partial charge in [0, 0.05) is 11.6 Å². The minimum absolute atomic E-state index is 0.159. The molecule has 0 aliphatic heterocycles. The number of carbonyl (C=O) groups is 1. The van der Waals surface area contributed by atoms with Crippen LogP contribution in [0.25, 0.3) is 0 Å². The van der Waals surface area contributed by atoms with E-state index < -0.39 is 17.4 Å². The first-order valence-electron chi connectivity index (χ1n) is 5.97. The molecular formula is C14H12N2O5. The molecule has 7 nitrogen and oxygen atoms in total. The fourth-order valence-corrected chi connectivity index (χ4v) is 1.75. The maximum Gasteiger partial charge on any atom is 0.275 e. The summed E-state index contributed by atoms with van der Waals surface area (Å²) in [6.45, 7) is -0.464. The molecule has 1 amide bonds. The van der Waals surface area contributed by atoms with Crippen LogP contribution >= 0.6 is 0 Å². The van der Waals surface area contributed by atoms with Crippen molar-refractivity contribution in [1.29, 1.82) is 0 Å². The highest BCUT2D eigenvalue weighted by Crippen LogP contribution is 2.27. The van der Waals surface area contributed by atoms with E-state index in [1.165, 1.54) is 30.3 Å². The molecule has 2 rings (SSSR count). The quantitative estimate of drug-likeness (QED) is 0.644. The van der Waals surface area contributed by atoms with Crippen molar-refractivity contribution in [2.45, 2.75) is 6.61 Å². The lowest BCUT2D eigenvalue weighted by Gasteiger charge is -2.07. The molecular weight excluding hydrogens is 276 g/mol. The molecule has 21 heavy (non-hydrogen) atoms. The molecule has 0 aliphatic rings. The molecule has 3 N–H and O–H groups in total. The van der Waals surface area contributed by atoms with Crippen LogP contribution in [0.3, 0.4) is 0 Å². The zero-order valence-corrected chi connectivity index (χ0v) is 10.9. The van der Waals surface area contributed by atoms with Crippen LogP contribution in [0.1, 0.15) is 15.9 Å². The van der Waals surface area contributed by atoms with Crippen LogP contribution in [-0.2, 0) is 6.61 Å². The van der Waals surface area contributed by atoms with Crippen LogP contribution in [0.5, 0.6) is 11.5 Å². The molecule has 2 aromatic carbocycles. The number of amides is 1. The number of hydrogen-bond donors (Lipinski definition) is 2. The van der Waals surface area contributed by atoms with E-state index in [0.29, 0.717) is 17.1 Å². The maximum absolute atomic E-state index is 10.9. The van der Waals surface area contributed by atoms with Gasteiger partial charge < -0.3 is 15.6 Å². The van der Waals surface area contributed by atoms with E-state index in [1.807, 2.05) is 0 Å². The Hall–Kier alpha value is -2.93. The monoisotopic (exact) mass is 288 g/mol. The Labute approximate surface area is 119 Å². The zero-order valence-electron chi connectivity index (χ0n) is 10.9. The number of primary amides is 1. The predicted octanol–water partition coefficient (Wildman–Crippen LogP) is 1.98. The number of nitro groups is 1. The molecule has 0 aliphatic carbocycles. The summed E-state index contributed by atoms with van der Waals surface area (Å²) >= 11 is 0. The van der Waals surface area contributed by atoms with E-state index in [4.69, 9.17) is 15.6 Å². The second-order valence-corrected chi connectivity index (χ2v) is 4.20. The number of hydrogen-bond acceptors (Lipinski definition) is 5. The molecule has 0 radical (unpaired) electrons.